The van der Waals surface area contributed by atoms with E-state index in [0.29, 0.717) is 35.4 Å². The molecule has 1 aromatic carbocycles. The van der Waals surface area contributed by atoms with E-state index in [9.17, 15) is 8.42 Å². The second-order valence-corrected chi connectivity index (χ2v) is 8.14. The number of halogens is 1. The van der Waals surface area contributed by atoms with E-state index in [1.165, 1.54) is 29.3 Å². The van der Waals surface area contributed by atoms with E-state index in [1.54, 1.807) is 6.92 Å². The zero-order valence-electron chi connectivity index (χ0n) is 12.0. The molecule has 0 spiro atoms. The molecule has 1 heterocycles. The number of sulfonamides is 1. The Morgan fingerprint density at radius 3 is 2.33 bits per heavy atom. The molecule has 1 aliphatic carbocycles. The molecule has 0 amide bonds. The van der Waals surface area contributed by atoms with Crippen molar-refractivity contribution in [3.63, 3.8) is 0 Å². The molecule has 0 radical (unpaired) electrons. The molecular formula is C14H20ClN3O2S. The second-order valence-electron chi connectivity index (χ2n) is 5.79. The molecule has 1 saturated heterocycles. The second kappa shape index (κ2) is 5.43. The van der Waals surface area contributed by atoms with Gasteiger partial charge in [0.15, 0.2) is 0 Å². The minimum Gasteiger partial charge on any atom is -0.398 e. The van der Waals surface area contributed by atoms with Crippen LogP contribution in [0.4, 0.5) is 5.69 Å². The molecule has 0 aromatic heterocycles. The predicted octanol–water partition coefficient (Wildman–Crippen LogP) is 1.70. The fourth-order valence-corrected chi connectivity index (χ4v) is 4.50. The van der Waals surface area contributed by atoms with Gasteiger partial charge in [0.2, 0.25) is 10.0 Å². The maximum absolute atomic E-state index is 12.7. The predicted molar refractivity (Wildman–Crippen MR) is 84.0 cm³/mol. The molecule has 0 bridgehead atoms. The minimum atomic E-state index is -3.51. The minimum absolute atomic E-state index is 0.190. The van der Waals surface area contributed by atoms with Gasteiger partial charge in [-0.2, -0.15) is 4.31 Å². The Balaban J connectivity index is 1.80. The number of hydrogen-bond acceptors (Lipinski definition) is 4. The van der Waals surface area contributed by atoms with Crippen LogP contribution >= 0.6 is 11.6 Å². The van der Waals surface area contributed by atoms with Crippen LogP contribution < -0.4 is 5.73 Å². The summed E-state index contributed by atoms with van der Waals surface area (Å²) in [6.45, 7) is 4.45. The van der Waals surface area contributed by atoms with Gasteiger partial charge >= 0.3 is 0 Å². The molecule has 116 valence electrons. The first-order valence-corrected chi connectivity index (χ1v) is 9.01. The largest absolute Gasteiger partial charge is 0.398 e. The summed E-state index contributed by atoms with van der Waals surface area (Å²) in [7, 11) is -3.51. The number of rotatable bonds is 3. The van der Waals surface area contributed by atoms with Crippen molar-refractivity contribution in [1.82, 2.24) is 9.21 Å². The summed E-state index contributed by atoms with van der Waals surface area (Å²) in [6, 6.07) is 3.68. The van der Waals surface area contributed by atoms with Crippen LogP contribution in [0.3, 0.4) is 0 Å². The molecule has 7 heteroatoms. The highest BCUT2D eigenvalue weighted by atomic mass is 35.5. The van der Waals surface area contributed by atoms with Gasteiger partial charge in [-0.25, -0.2) is 8.42 Å². The molecule has 2 aliphatic rings. The zero-order chi connectivity index (χ0) is 15.2. The van der Waals surface area contributed by atoms with Crippen LogP contribution in [0.1, 0.15) is 18.4 Å². The van der Waals surface area contributed by atoms with E-state index in [2.05, 4.69) is 4.90 Å². The molecule has 5 nitrogen and oxygen atoms in total. The van der Waals surface area contributed by atoms with Gasteiger partial charge in [0, 0.05) is 42.9 Å². The van der Waals surface area contributed by atoms with Crippen LogP contribution in [0.5, 0.6) is 0 Å². The average molecular weight is 330 g/mol. The van der Waals surface area contributed by atoms with E-state index in [1.807, 2.05) is 0 Å². The maximum Gasteiger partial charge on any atom is 0.243 e. The summed E-state index contributed by atoms with van der Waals surface area (Å²) in [5.41, 5.74) is 6.97. The molecule has 0 atom stereocenters. The van der Waals surface area contributed by atoms with Crippen molar-refractivity contribution in [3.8, 4) is 0 Å². The SMILES string of the molecule is Cc1c(N)cc(S(=O)(=O)N2CCN(C3CC3)CC2)cc1Cl. The Kier molecular flexibility index (Phi) is 3.90. The van der Waals surface area contributed by atoms with Gasteiger partial charge < -0.3 is 5.73 Å². The molecule has 2 N–H and O–H groups in total. The van der Waals surface area contributed by atoms with Crippen LogP contribution in [0.25, 0.3) is 0 Å². The van der Waals surface area contributed by atoms with Crippen molar-refractivity contribution in [2.75, 3.05) is 31.9 Å². The van der Waals surface area contributed by atoms with Crippen molar-refractivity contribution < 1.29 is 8.42 Å². The average Bonchev–Trinajstić information content (AvgIpc) is 3.29. The number of benzene rings is 1. The number of piperazine rings is 1. The topological polar surface area (TPSA) is 66.6 Å². The normalized spacial score (nSPS) is 21.6. The lowest BCUT2D eigenvalue weighted by atomic mass is 10.2. The number of nitrogens with two attached hydrogens (primary N) is 1. The maximum atomic E-state index is 12.7. The highest BCUT2D eigenvalue weighted by molar-refractivity contribution is 7.89. The number of nitrogens with zero attached hydrogens (tertiary/aromatic N) is 2. The quantitative estimate of drug-likeness (QED) is 0.857. The molecular weight excluding hydrogens is 310 g/mol. The highest BCUT2D eigenvalue weighted by Crippen LogP contribution is 2.30. The standard InChI is InChI=1S/C14H20ClN3O2S/c1-10-13(15)8-12(9-14(10)16)21(19,20)18-6-4-17(5-7-18)11-2-3-11/h8-9,11H,2-7,16H2,1H3. The Bertz CT molecular complexity index is 627. The summed E-state index contributed by atoms with van der Waals surface area (Å²) in [5, 5.41) is 0.394. The van der Waals surface area contributed by atoms with Crippen LogP contribution in [-0.4, -0.2) is 49.8 Å². The van der Waals surface area contributed by atoms with E-state index in [0.717, 1.165) is 13.1 Å². The van der Waals surface area contributed by atoms with Crippen molar-refractivity contribution in [1.29, 1.82) is 0 Å². The lowest BCUT2D eigenvalue weighted by Crippen LogP contribution is -2.49. The number of anilines is 1. The van der Waals surface area contributed by atoms with Crippen molar-refractivity contribution >= 4 is 27.3 Å². The molecule has 3 rings (SSSR count). The van der Waals surface area contributed by atoms with Gasteiger partial charge in [-0.15, -0.1) is 0 Å². The third-order valence-corrected chi connectivity index (χ3v) is 6.60. The highest BCUT2D eigenvalue weighted by Gasteiger charge is 2.35. The van der Waals surface area contributed by atoms with Crippen molar-refractivity contribution in [3.05, 3.63) is 22.7 Å². The first kappa shape index (κ1) is 15.1. The lowest BCUT2D eigenvalue weighted by Gasteiger charge is -2.34. The molecule has 1 aliphatic heterocycles. The third kappa shape index (κ3) is 2.90. The molecule has 1 aromatic rings. The Morgan fingerprint density at radius 1 is 1.19 bits per heavy atom. The van der Waals surface area contributed by atoms with Gasteiger partial charge in [-0.1, -0.05) is 11.6 Å². The number of nitrogen functional groups attached to an aromatic ring is 1. The van der Waals surface area contributed by atoms with E-state index >= 15 is 0 Å². The summed E-state index contributed by atoms with van der Waals surface area (Å²) in [4.78, 5) is 2.57. The van der Waals surface area contributed by atoms with E-state index in [4.69, 9.17) is 17.3 Å². The van der Waals surface area contributed by atoms with Crippen molar-refractivity contribution in [2.45, 2.75) is 30.7 Å². The molecule has 21 heavy (non-hydrogen) atoms. The van der Waals surface area contributed by atoms with E-state index in [-0.39, 0.29) is 4.90 Å². The monoisotopic (exact) mass is 329 g/mol. The summed E-state index contributed by atoms with van der Waals surface area (Å²) >= 11 is 6.07. The van der Waals surface area contributed by atoms with Gasteiger partial charge in [0.25, 0.3) is 0 Å². The smallest absolute Gasteiger partial charge is 0.243 e. The fraction of sp³-hybridized carbons (Fsp3) is 0.571. The van der Waals surface area contributed by atoms with E-state index < -0.39 is 10.0 Å². The van der Waals surface area contributed by atoms with Crippen LogP contribution in [0.2, 0.25) is 5.02 Å². The Hall–Kier alpha value is -0.820. The Labute approximate surface area is 130 Å². The summed E-state index contributed by atoms with van der Waals surface area (Å²) < 4.78 is 26.9. The fourth-order valence-electron chi connectivity index (χ4n) is 2.72. The van der Waals surface area contributed by atoms with Gasteiger partial charge in [0.05, 0.1) is 4.90 Å². The lowest BCUT2D eigenvalue weighted by molar-refractivity contribution is 0.180. The summed E-state index contributed by atoms with van der Waals surface area (Å²) in [6.07, 6.45) is 2.49. The molecule has 1 saturated carbocycles. The first-order chi connectivity index (χ1) is 9.89. The van der Waals surface area contributed by atoms with Gasteiger partial charge in [0.1, 0.15) is 0 Å². The molecule has 0 unspecified atom stereocenters. The first-order valence-electron chi connectivity index (χ1n) is 7.19. The van der Waals surface area contributed by atoms with Crippen LogP contribution in [-0.2, 0) is 10.0 Å². The van der Waals surface area contributed by atoms with Crippen LogP contribution in [0.15, 0.2) is 17.0 Å². The summed E-state index contributed by atoms with van der Waals surface area (Å²) in [5.74, 6) is 0. The van der Waals surface area contributed by atoms with Crippen molar-refractivity contribution in [2.24, 2.45) is 0 Å². The van der Waals surface area contributed by atoms with Gasteiger partial charge in [-0.05, 0) is 37.5 Å². The van der Waals surface area contributed by atoms with Crippen LogP contribution in [0, 0.1) is 6.92 Å². The Morgan fingerprint density at radius 2 is 1.81 bits per heavy atom. The third-order valence-electron chi connectivity index (χ3n) is 4.33. The zero-order valence-corrected chi connectivity index (χ0v) is 13.6. The van der Waals surface area contributed by atoms with Gasteiger partial charge in [-0.3, -0.25) is 4.90 Å². The number of hydrogen-bond donors (Lipinski definition) is 1. The molecule has 2 fully saturated rings.